The normalized spacial score (nSPS) is 19.9. The number of hydrogen-bond donors (Lipinski definition) is 1. The first-order valence-corrected chi connectivity index (χ1v) is 7.72. The van der Waals surface area contributed by atoms with Crippen LogP contribution in [0, 0.1) is 11.3 Å². The number of benzene rings is 1. The Labute approximate surface area is 126 Å². The molecule has 1 aromatic carbocycles. The van der Waals surface area contributed by atoms with Gasteiger partial charge in [-0.2, -0.15) is 9.57 Å². The lowest BCUT2D eigenvalue weighted by molar-refractivity contribution is -0.146. The van der Waals surface area contributed by atoms with Crippen molar-refractivity contribution >= 4 is 27.6 Å². The molecule has 7 nitrogen and oxygen atoms in total. The summed E-state index contributed by atoms with van der Waals surface area (Å²) in [5.41, 5.74) is -0.0879. The lowest BCUT2D eigenvalue weighted by atomic mass is 10.2. The minimum absolute atomic E-state index is 0.0879. The van der Waals surface area contributed by atoms with Gasteiger partial charge < -0.3 is 9.84 Å². The number of halogens is 1. The Hall–Kier alpha value is -1.66. The van der Waals surface area contributed by atoms with Gasteiger partial charge in [-0.15, -0.1) is 0 Å². The van der Waals surface area contributed by atoms with Gasteiger partial charge in [-0.05, 0) is 18.2 Å². The van der Waals surface area contributed by atoms with E-state index in [-0.39, 0.29) is 35.2 Å². The molecule has 1 aliphatic heterocycles. The summed E-state index contributed by atoms with van der Waals surface area (Å²) in [5, 5.41) is 18.3. The number of aliphatic carboxylic acids is 1. The van der Waals surface area contributed by atoms with Crippen molar-refractivity contribution in [3.8, 4) is 6.07 Å². The van der Waals surface area contributed by atoms with Crippen molar-refractivity contribution in [2.45, 2.75) is 10.9 Å². The third kappa shape index (κ3) is 3.01. The average Bonchev–Trinajstić information content (AvgIpc) is 2.47. The Morgan fingerprint density at radius 1 is 1.52 bits per heavy atom. The predicted octanol–water partition coefficient (Wildman–Crippen LogP) is 0.686. The number of ether oxygens (including phenoxy) is 1. The lowest BCUT2D eigenvalue weighted by Gasteiger charge is -2.32. The Kier molecular flexibility index (Phi) is 4.49. The van der Waals surface area contributed by atoms with Crippen LogP contribution in [0.15, 0.2) is 23.1 Å². The van der Waals surface area contributed by atoms with Crippen molar-refractivity contribution in [3.63, 3.8) is 0 Å². The van der Waals surface area contributed by atoms with Crippen LogP contribution in [-0.4, -0.2) is 49.6 Å². The Bertz CT molecular complexity index is 713. The molecule has 0 bridgehead atoms. The molecule has 1 unspecified atom stereocenters. The fourth-order valence-electron chi connectivity index (χ4n) is 2.00. The van der Waals surface area contributed by atoms with Crippen molar-refractivity contribution in [2.24, 2.45) is 0 Å². The number of morpholine rings is 1. The molecule has 1 fully saturated rings. The quantitative estimate of drug-likeness (QED) is 0.873. The van der Waals surface area contributed by atoms with E-state index < -0.39 is 22.0 Å². The van der Waals surface area contributed by atoms with Crippen LogP contribution in [0.4, 0.5) is 0 Å². The third-order valence-electron chi connectivity index (χ3n) is 3.02. The molecule has 1 saturated heterocycles. The lowest BCUT2D eigenvalue weighted by Crippen LogP contribution is -2.52. The second-order valence-corrected chi connectivity index (χ2v) is 6.59. The van der Waals surface area contributed by atoms with Crippen LogP contribution in [0.3, 0.4) is 0 Å². The summed E-state index contributed by atoms with van der Waals surface area (Å²) in [6.45, 7) is -0.251. The molecule has 0 spiro atoms. The summed E-state index contributed by atoms with van der Waals surface area (Å²) < 4.78 is 31.1. The van der Waals surface area contributed by atoms with Gasteiger partial charge in [0.25, 0.3) is 0 Å². The number of sulfonamides is 1. The number of hydrogen-bond acceptors (Lipinski definition) is 5. The standard InChI is InChI=1S/C12H11ClN2O5S/c13-9-2-1-8(6-14)11(5-9)21(18,19)15-3-4-20-7-10(15)12(16)17/h1-2,5,10H,3-4,7H2,(H,16,17). The molecular formula is C12H11ClN2O5S. The molecule has 1 aliphatic rings. The predicted molar refractivity (Wildman–Crippen MR) is 72.3 cm³/mol. The second kappa shape index (κ2) is 5.99. The van der Waals surface area contributed by atoms with Crippen molar-refractivity contribution in [3.05, 3.63) is 28.8 Å². The van der Waals surface area contributed by atoms with Gasteiger partial charge in [-0.25, -0.2) is 8.42 Å². The second-order valence-electron chi connectivity index (χ2n) is 4.30. The van der Waals surface area contributed by atoms with Crippen molar-refractivity contribution < 1.29 is 23.1 Å². The zero-order valence-corrected chi connectivity index (χ0v) is 12.3. The van der Waals surface area contributed by atoms with E-state index >= 15 is 0 Å². The highest BCUT2D eigenvalue weighted by molar-refractivity contribution is 7.89. The smallest absolute Gasteiger partial charge is 0.324 e. The fourth-order valence-corrected chi connectivity index (χ4v) is 3.96. The van der Waals surface area contributed by atoms with Gasteiger partial charge in [0.05, 0.1) is 18.8 Å². The summed E-state index contributed by atoms with van der Waals surface area (Å²) >= 11 is 5.78. The number of carbonyl (C=O) groups is 1. The Balaban J connectivity index is 2.53. The first kappa shape index (κ1) is 15.7. The average molecular weight is 331 g/mol. The monoisotopic (exact) mass is 330 g/mol. The molecule has 1 aromatic rings. The van der Waals surface area contributed by atoms with Gasteiger partial charge in [0.1, 0.15) is 17.0 Å². The molecule has 0 radical (unpaired) electrons. The van der Waals surface area contributed by atoms with E-state index in [0.29, 0.717) is 0 Å². The van der Waals surface area contributed by atoms with E-state index in [1.54, 1.807) is 6.07 Å². The van der Waals surface area contributed by atoms with Crippen LogP contribution in [0.2, 0.25) is 5.02 Å². The van der Waals surface area contributed by atoms with E-state index in [1.807, 2.05) is 0 Å². The number of nitrogens with zero attached hydrogens (tertiary/aromatic N) is 2. The van der Waals surface area contributed by atoms with Crippen LogP contribution < -0.4 is 0 Å². The fraction of sp³-hybridized carbons (Fsp3) is 0.333. The summed E-state index contributed by atoms with van der Waals surface area (Å²) in [6, 6.07) is 4.27. The summed E-state index contributed by atoms with van der Waals surface area (Å²) in [5.74, 6) is -1.31. The van der Waals surface area contributed by atoms with E-state index in [4.69, 9.17) is 26.7 Å². The van der Waals surface area contributed by atoms with Crippen LogP contribution >= 0.6 is 11.6 Å². The van der Waals surface area contributed by atoms with E-state index in [9.17, 15) is 13.2 Å². The molecule has 112 valence electrons. The van der Waals surface area contributed by atoms with Gasteiger partial charge in [0, 0.05) is 11.6 Å². The van der Waals surface area contributed by atoms with E-state index in [0.717, 1.165) is 10.4 Å². The first-order valence-electron chi connectivity index (χ1n) is 5.90. The molecule has 1 heterocycles. The maximum atomic E-state index is 12.6. The maximum Gasteiger partial charge on any atom is 0.324 e. The summed E-state index contributed by atoms with van der Waals surface area (Å²) in [7, 11) is -4.16. The van der Waals surface area contributed by atoms with Gasteiger partial charge in [0.2, 0.25) is 10.0 Å². The van der Waals surface area contributed by atoms with Gasteiger partial charge in [0.15, 0.2) is 0 Å². The highest BCUT2D eigenvalue weighted by Gasteiger charge is 2.39. The van der Waals surface area contributed by atoms with Crippen LogP contribution in [0.5, 0.6) is 0 Å². The van der Waals surface area contributed by atoms with E-state index in [2.05, 4.69) is 0 Å². The number of nitriles is 1. The molecule has 0 amide bonds. The zero-order valence-electron chi connectivity index (χ0n) is 10.7. The van der Waals surface area contributed by atoms with E-state index in [1.165, 1.54) is 12.1 Å². The number of carboxylic acids is 1. The molecule has 21 heavy (non-hydrogen) atoms. The SMILES string of the molecule is N#Cc1ccc(Cl)cc1S(=O)(=O)N1CCOCC1C(=O)O. The minimum Gasteiger partial charge on any atom is -0.480 e. The van der Waals surface area contributed by atoms with Gasteiger partial charge in [-0.1, -0.05) is 11.6 Å². The Morgan fingerprint density at radius 3 is 2.86 bits per heavy atom. The largest absolute Gasteiger partial charge is 0.480 e. The van der Waals surface area contributed by atoms with Gasteiger partial charge in [-0.3, -0.25) is 4.79 Å². The minimum atomic E-state index is -4.16. The molecule has 1 atom stereocenters. The number of rotatable bonds is 3. The highest BCUT2D eigenvalue weighted by Crippen LogP contribution is 2.26. The zero-order chi connectivity index (χ0) is 15.6. The molecule has 2 rings (SSSR count). The molecule has 1 N–H and O–H groups in total. The van der Waals surface area contributed by atoms with Crippen LogP contribution in [0.1, 0.15) is 5.56 Å². The molecule has 0 saturated carbocycles. The third-order valence-corrected chi connectivity index (χ3v) is 5.20. The van der Waals surface area contributed by atoms with Crippen LogP contribution in [0.25, 0.3) is 0 Å². The highest BCUT2D eigenvalue weighted by atomic mass is 35.5. The first-order chi connectivity index (χ1) is 9.87. The molecule has 0 aliphatic carbocycles. The maximum absolute atomic E-state index is 12.6. The Morgan fingerprint density at radius 2 is 2.24 bits per heavy atom. The van der Waals surface area contributed by atoms with Crippen molar-refractivity contribution in [2.75, 3.05) is 19.8 Å². The molecule has 9 heteroatoms. The molecule has 0 aromatic heterocycles. The molecular weight excluding hydrogens is 320 g/mol. The van der Waals surface area contributed by atoms with Crippen molar-refractivity contribution in [1.82, 2.24) is 4.31 Å². The van der Waals surface area contributed by atoms with Gasteiger partial charge >= 0.3 is 5.97 Å². The van der Waals surface area contributed by atoms with Crippen LogP contribution in [-0.2, 0) is 19.6 Å². The summed E-state index contributed by atoms with van der Waals surface area (Å²) in [6.07, 6.45) is 0. The number of carboxylic acid groups (broad SMARTS) is 1. The topological polar surface area (TPSA) is 108 Å². The van der Waals surface area contributed by atoms with Crippen molar-refractivity contribution in [1.29, 1.82) is 5.26 Å². The summed E-state index contributed by atoms with van der Waals surface area (Å²) in [4.78, 5) is 10.9.